The molecule has 0 radical (unpaired) electrons. The molecule has 1 unspecified atom stereocenters. The first kappa shape index (κ1) is 15.2. The fraction of sp³-hybridized carbons (Fsp3) is 1.00. The highest BCUT2D eigenvalue weighted by molar-refractivity contribution is 7.99. The molecule has 4 nitrogen and oxygen atoms in total. The number of hydrogen-bond acceptors (Lipinski definition) is 4. The summed E-state index contributed by atoms with van der Waals surface area (Å²) in [5, 5.41) is 2.83. The van der Waals surface area contributed by atoms with Gasteiger partial charge in [0.05, 0.1) is 5.75 Å². The third-order valence-corrected chi connectivity index (χ3v) is 4.34. The van der Waals surface area contributed by atoms with E-state index in [9.17, 15) is 8.42 Å². The topological polar surface area (TPSA) is 58.2 Å². The molecule has 0 fully saturated rings. The molecule has 15 heavy (non-hydrogen) atoms. The van der Waals surface area contributed by atoms with E-state index >= 15 is 0 Å². The quantitative estimate of drug-likeness (QED) is 0.593. The normalized spacial score (nSPS) is 14.1. The Hall–Kier alpha value is 0.220. The van der Waals surface area contributed by atoms with Crippen molar-refractivity contribution in [3.05, 3.63) is 0 Å². The second-order valence-electron chi connectivity index (χ2n) is 3.43. The van der Waals surface area contributed by atoms with Crippen LogP contribution in [-0.2, 0) is 10.0 Å². The number of sulfonamides is 1. The van der Waals surface area contributed by atoms with E-state index < -0.39 is 10.0 Å². The molecule has 0 bridgehead atoms. The van der Waals surface area contributed by atoms with Crippen LogP contribution in [0.5, 0.6) is 0 Å². The lowest BCUT2D eigenvalue weighted by molar-refractivity contribution is 0.555. The van der Waals surface area contributed by atoms with Crippen LogP contribution >= 0.6 is 11.8 Å². The van der Waals surface area contributed by atoms with Crippen molar-refractivity contribution < 1.29 is 8.42 Å². The van der Waals surface area contributed by atoms with Gasteiger partial charge in [-0.05, 0) is 31.9 Å². The van der Waals surface area contributed by atoms with Gasteiger partial charge in [-0.2, -0.15) is 11.8 Å². The van der Waals surface area contributed by atoms with Crippen LogP contribution < -0.4 is 10.0 Å². The number of rotatable bonds is 9. The number of hydrogen-bond donors (Lipinski definition) is 2. The molecule has 0 rings (SSSR count). The first-order valence-electron chi connectivity index (χ1n) is 5.24. The van der Waals surface area contributed by atoms with Gasteiger partial charge < -0.3 is 5.32 Å². The molecular formula is C9H22N2O2S2. The lowest BCUT2D eigenvalue weighted by Crippen LogP contribution is -2.37. The molecule has 92 valence electrons. The Morgan fingerprint density at radius 3 is 2.60 bits per heavy atom. The van der Waals surface area contributed by atoms with E-state index in [4.69, 9.17) is 0 Å². The van der Waals surface area contributed by atoms with Crippen LogP contribution in [0.4, 0.5) is 0 Å². The lowest BCUT2D eigenvalue weighted by atomic mass is 10.3. The predicted molar refractivity (Wildman–Crippen MR) is 67.9 cm³/mol. The van der Waals surface area contributed by atoms with Gasteiger partial charge >= 0.3 is 0 Å². The SMILES string of the molecule is CCSCCC(C)NS(=O)(=O)CCNC. The Morgan fingerprint density at radius 2 is 2.07 bits per heavy atom. The molecule has 0 aliphatic rings. The van der Waals surface area contributed by atoms with Gasteiger partial charge in [0.15, 0.2) is 0 Å². The predicted octanol–water partition coefficient (Wildman–Crippen LogP) is 0.657. The summed E-state index contributed by atoms with van der Waals surface area (Å²) in [7, 11) is -1.36. The molecule has 1 atom stereocenters. The zero-order valence-electron chi connectivity index (χ0n) is 9.75. The maximum Gasteiger partial charge on any atom is 0.213 e. The van der Waals surface area contributed by atoms with Crippen LogP contribution in [0.3, 0.4) is 0 Å². The van der Waals surface area contributed by atoms with Gasteiger partial charge in [-0.25, -0.2) is 13.1 Å². The van der Waals surface area contributed by atoms with Crippen molar-refractivity contribution in [2.45, 2.75) is 26.3 Å². The van der Waals surface area contributed by atoms with Crippen LogP contribution in [0, 0.1) is 0 Å². The van der Waals surface area contributed by atoms with Crippen molar-refractivity contribution in [2.24, 2.45) is 0 Å². The molecule has 6 heteroatoms. The van der Waals surface area contributed by atoms with Crippen molar-refractivity contribution in [1.29, 1.82) is 0 Å². The summed E-state index contributed by atoms with van der Waals surface area (Å²) >= 11 is 1.83. The summed E-state index contributed by atoms with van der Waals surface area (Å²) < 4.78 is 25.6. The third-order valence-electron chi connectivity index (χ3n) is 1.90. The highest BCUT2D eigenvalue weighted by Gasteiger charge is 2.13. The van der Waals surface area contributed by atoms with Crippen molar-refractivity contribution in [3.8, 4) is 0 Å². The standard InChI is InChI=1S/C9H22N2O2S2/c1-4-14-7-5-9(2)11-15(12,13)8-6-10-3/h9-11H,4-8H2,1-3H3. The molecule has 0 aromatic heterocycles. The van der Waals surface area contributed by atoms with Crippen molar-refractivity contribution in [3.63, 3.8) is 0 Å². The first-order valence-corrected chi connectivity index (χ1v) is 8.05. The molecule has 0 saturated heterocycles. The average Bonchev–Trinajstić information content (AvgIpc) is 2.14. The largest absolute Gasteiger partial charge is 0.319 e. The van der Waals surface area contributed by atoms with Gasteiger partial charge in [0.25, 0.3) is 0 Å². The van der Waals surface area contributed by atoms with E-state index in [2.05, 4.69) is 17.0 Å². The Balaban J connectivity index is 3.78. The maximum atomic E-state index is 11.5. The monoisotopic (exact) mass is 254 g/mol. The summed E-state index contributed by atoms with van der Waals surface area (Å²) in [4.78, 5) is 0. The second-order valence-corrected chi connectivity index (χ2v) is 6.69. The molecule has 0 aliphatic heterocycles. The van der Waals surface area contributed by atoms with E-state index in [1.165, 1.54) is 0 Å². The third kappa shape index (κ3) is 9.17. The maximum absolute atomic E-state index is 11.5. The van der Waals surface area contributed by atoms with Gasteiger partial charge in [-0.1, -0.05) is 6.92 Å². The van der Waals surface area contributed by atoms with Crippen LogP contribution in [0.1, 0.15) is 20.3 Å². The molecule has 0 aliphatic carbocycles. The van der Waals surface area contributed by atoms with Gasteiger partial charge in [0, 0.05) is 12.6 Å². The van der Waals surface area contributed by atoms with Crippen LogP contribution in [0.2, 0.25) is 0 Å². The van der Waals surface area contributed by atoms with Crippen LogP contribution in [0.15, 0.2) is 0 Å². The highest BCUT2D eigenvalue weighted by Crippen LogP contribution is 2.04. The van der Waals surface area contributed by atoms with Crippen molar-refractivity contribution in [2.75, 3.05) is 30.9 Å². The minimum Gasteiger partial charge on any atom is -0.319 e. The molecule has 0 heterocycles. The summed E-state index contributed by atoms with van der Waals surface area (Å²) in [6, 6.07) is 0.0332. The fourth-order valence-electron chi connectivity index (χ4n) is 1.07. The van der Waals surface area contributed by atoms with Crippen molar-refractivity contribution in [1.82, 2.24) is 10.0 Å². The minimum absolute atomic E-state index is 0.0332. The van der Waals surface area contributed by atoms with Crippen LogP contribution in [-0.4, -0.2) is 45.3 Å². The molecule has 0 aromatic carbocycles. The van der Waals surface area contributed by atoms with Gasteiger partial charge in [-0.15, -0.1) is 0 Å². The van der Waals surface area contributed by atoms with Gasteiger partial charge in [-0.3, -0.25) is 0 Å². The van der Waals surface area contributed by atoms with E-state index in [0.29, 0.717) is 6.54 Å². The fourth-order valence-corrected chi connectivity index (χ4v) is 3.20. The van der Waals surface area contributed by atoms with E-state index in [1.807, 2.05) is 18.7 Å². The summed E-state index contributed by atoms with van der Waals surface area (Å²) in [6.45, 7) is 4.51. The highest BCUT2D eigenvalue weighted by atomic mass is 32.2. The summed E-state index contributed by atoms with van der Waals surface area (Å²) in [5.41, 5.74) is 0. The second kappa shape index (κ2) is 8.38. The lowest BCUT2D eigenvalue weighted by Gasteiger charge is -2.13. The van der Waals surface area contributed by atoms with Crippen molar-refractivity contribution >= 4 is 21.8 Å². The number of nitrogens with one attached hydrogen (secondary N) is 2. The Morgan fingerprint density at radius 1 is 1.40 bits per heavy atom. The molecule has 0 spiro atoms. The summed E-state index contributed by atoms with van der Waals surface area (Å²) in [6.07, 6.45) is 0.886. The smallest absolute Gasteiger partial charge is 0.213 e. The van der Waals surface area contributed by atoms with Gasteiger partial charge in [0.2, 0.25) is 10.0 Å². The average molecular weight is 254 g/mol. The molecule has 0 amide bonds. The van der Waals surface area contributed by atoms with Gasteiger partial charge in [0.1, 0.15) is 0 Å². The Labute approximate surface area is 97.6 Å². The zero-order chi connectivity index (χ0) is 11.7. The first-order chi connectivity index (χ1) is 7.02. The Bertz CT molecular complexity index is 242. The molecule has 0 aromatic rings. The van der Waals surface area contributed by atoms with E-state index in [1.54, 1.807) is 7.05 Å². The van der Waals surface area contributed by atoms with E-state index in [0.717, 1.165) is 17.9 Å². The van der Waals surface area contributed by atoms with E-state index in [-0.39, 0.29) is 11.8 Å². The Kier molecular flexibility index (Phi) is 8.50. The molecular weight excluding hydrogens is 232 g/mol. The minimum atomic E-state index is -3.10. The molecule has 0 saturated carbocycles. The summed E-state index contributed by atoms with van der Waals surface area (Å²) in [5.74, 6) is 2.24. The van der Waals surface area contributed by atoms with Crippen LogP contribution in [0.25, 0.3) is 0 Å². The molecule has 2 N–H and O–H groups in total. The number of thioether (sulfide) groups is 1. The zero-order valence-corrected chi connectivity index (χ0v) is 11.4.